The predicted molar refractivity (Wildman–Crippen MR) is 62.8 cm³/mol. The summed E-state index contributed by atoms with van der Waals surface area (Å²) >= 11 is 5.95. The van der Waals surface area contributed by atoms with Crippen LogP contribution in [0.25, 0.3) is 6.08 Å². The Morgan fingerprint density at radius 2 is 2.00 bits per heavy atom. The van der Waals surface area contributed by atoms with Crippen molar-refractivity contribution in [1.29, 1.82) is 0 Å². The molecule has 1 atom stereocenters. The highest BCUT2D eigenvalue weighted by molar-refractivity contribution is 6.17. The molecule has 0 saturated carbocycles. The molecule has 0 aliphatic heterocycles. The molecule has 14 heavy (non-hydrogen) atoms. The van der Waals surface area contributed by atoms with Gasteiger partial charge in [0.05, 0.1) is 0 Å². The van der Waals surface area contributed by atoms with E-state index >= 15 is 0 Å². The quantitative estimate of drug-likeness (QED) is 0.603. The van der Waals surface area contributed by atoms with Crippen molar-refractivity contribution in [3.05, 3.63) is 40.0 Å². The highest BCUT2D eigenvalue weighted by Crippen LogP contribution is 2.39. The van der Waals surface area contributed by atoms with Gasteiger partial charge in [-0.2, -0.15) is 0 Å². The van der Waals surface area contributed by atoms with E-state index in [0.717, 1.165) is 0 Å². The van der Waals surface area contributed by atoms with Crippen molar-refractivity contribution in [1.82, 2.24) is 0 Å². The first-order chi connectivity index (χ1) is 6.65. The fourth-order valence-electron chi connectivity index (χ4n) is 2.19. The van der Waals surface area contributed by atoms with E-state index in [9.17, 15) is 0 Å². The Labute approximate surface area is 90.6 Å². The summed E-state index contributed by atoms with van der Waals surface area (Å²) in [5.41, 5.74) is 6.93. The molecule has 0 spiro atoms. The van der Waals surface area contributed by atoms with Crippen LogP contribution in [0.5, 0.6) is 0 Å². The maximum atomic E-state index is 5.95. The minimum atomic E-state index is 0.540. The third-order valence-electron chi connectivity index (χ3n) is 3.23. The second-order valence-electron chi connectivity index (χ2n) is 4.11. The lowest BCUT2D eigenvalue weighted by atomic mass is 9.92. The number of rotatable bonds is 1. The van der Waals surface area contributed by atoms with Crippen LogP contribution in [-0.4, -0.2) is 0 Å². The maximum absolute atomic E-state index is 5.95. The van der Waals surface area contributed by atoms with Gasteiger partial charge in [-0.3, -0.25) is 0 Å². The molecule has 0 saturated heterocycles. The summed E-state index contributed by atoms with van der Waals surface area (Å²) in [7, 11) is 0. The number of halogens is 1. The molecule has 1 aliphatic rings. The molecule has 1 heteroatoms. The Bertz CT molecular complexity index is 402. The van der Waals surface area contributed by atoms with E-state index in [1.807, 2.05) is 0 Å². The fraction of sp³-hybridized carbons (Fsp3) is 0.385. The molecule has 1 unspecified atom stereocenters. The Balaban J connectivity index is 2.66. The van der Waals surface area contributed by atoms with Crippen LogP contribution in [0.3, 0.4) is 0 Å². The Kier molecular flexibility index (Phi) is 2.40. The minimum Gasteiger partial charge on any atom is -0.122 e. The number of hydrogen-bond donors (Lipinski definition) is 0. The van der Waals surface area contributed by atoms with E-state index in [-0.39, 0.29) is 0 Å². The zero-order valence-corrected chi connectivity index (χ0v) is 9.65. The van der Waals surface area contributed by atoms with Crippen LogP contribution in [0.1, 0.15) is 42.0 Å². The number of alkyl halides is 1. The topological polar surface area (TPSA) is 0 Å². The molecular formula is C13H15Cl. The fourth-order valence-corrected chi connectivity index (χ4v) is 2.42. The first kappa shape index (κ1) is 9.79. The average Bonchev–Trinajstić information content (AvgIpc) is 2.47. The molecule has 0 bridgehead atoms. The summed E-state index contributed by atoms with van der Waals surface area (Å²) in [4.78, 5) is 0. The number of hydrogen-bond acceptors (Lipinski definition) is 0. The van der Waals surface area contributed by atoms with Gasteiger partial charge in [0.15, 0.2) is 0 Å². The normalized spacial score (nSPS) is 19.4. The Morgan fingerprint density at radius 3 is 2.64 bits per heavy atom. The van der Waals surface area contributed by atoms with Crippen molar-refractivity contribution in [2.75, 3.05) is 0 Å². The molecule has 0 heterocycles. The molecule has 0 nitrogen and oxygen atoms in total. The van der Waals surface area contributed by atoms with Gasteiger partial charge in [-0.05, 0) is 36.1 Å². The molecule has 0 fully saturated rings. The minimum absolute atomic E-state index is 0.540. The summed E-state index contributed by atoms with van der Waals surface area (Å²) in [5, 5.41) is 0. The monoisotopic (exact) mass is 206 g/mol. The van der Waals surface area contributed by atoms with E-state index in [1.165, 1.54) is 27.8 Å². The van der Waals surface area contributed by atoms with E-state index < -0.39 is 0 Å². The Hall–Kier alpha value is -0.750. The third kappa shape index (κ3) is 1.29. The van der Waals surface area contributed by atoms with Gasteiger partial charge in [0.25, 0.3) is 0 Å². The van der Waals surface area contributed by atoms with E-state index in [4.69, 9.17) is 11.6 Å². The standard InChI is InChI=1S/C13H15Cl/c1-8-4-5-11(7-14)13-10(3)9(2)6-12(8)13/h4-6,10H,7H2,1-3H3. The zero-order valence-electron chi connectivity index (χ0n) is 8.89. The second kappa shape index (κ2) is 3.43. The van der Waals surface area contributed by atoms with Crippen LogP contribution in [-0.2, 0) is 5.88 Å². The third-order valence-corrected chi connectivity index (χ3v) is 3.52. The van der Waals surface area contributed by atoms with Crippen LogP contribution in [0, 0.1) is 6.92 Å². The highest BCUT2D eigenvalue weighted by atomic mass is 35.5. The molecule has 1 aromatic rings. The molecule has 0 radical (unpaired) electrons. The van der Waals surface area contributed by atoms with Crippen molar-refractivity contribution in [3.63, 3.8) is 0 Å². The van der Waals surface area contributed by atoms with Gasteiger partial charge in [0.2, 0.25) is 0 Å². The molecule has 0 N–H and O–H groups in total. The van der Waals surface area contributed by atoms with Crippen LogP contribution in [0.2, 0.25) is 0 Å². The molecule has 0 aromatic heterocycles. The van der Waals surface area contributed by atoms with Crippen LogP contribution >= 0.6 is 11.6 Å². The summed E-state index contributed by atoms with van der Waals surface area (Å²) in [5.74, 6) is 1.16. The lowest BCUT2D eigenvalue weighted by molar-refractivity contribution is 0.906. The van der Waals surface area contributed by atoms with Crippen molar-refractivity contribution in [2.24, 2.45) is 0 Å². The number of aryl methyl sites for hydroxylation is 1. The summed E-state index contributed by atoms with van der Waals surface area (Å²) in [6.45, 7) is 6.62. The van der Waals surface area contributed by atoms with Gasteiger partial charge < -0.3 is 0 Å². The predicted octanol–water partition coefficient (Wildman–Crippen LogP) is 4.25. The first-order valence-electron chi connectivity index (χ1n) is 5.01. The molecule has 1 aliphatic carbocycles. The first-order valence-corrected chi connectivity index (χ1v) is 5.55. The number of fused-ring (bicyclic) bond motifs is 1. The van der Waals surface area contributed by atoms with E-state index in [2.05, 4.69) is 39.0 Å². The molecule has 1 aromatic carbocycles. The van der Waals surface area contributed by atoms with Crippen molar-refractivity contribution < 1.29 is 0 Å². The lowest BCUT2D eigenvalue weighted by Crippen LogP contribution is -1.97. The molecular weight excluding hydrogens is 192 g/mol. The summed E-state index contributed by atoms with van der Waals surface area (Å²) in [6.07, 6.45) is 2.30. The van der Waals surface area contributed by atoms with Crippen LogP contribution in [0.15, 0.2) is 17.7 Å². The maximum Gasteiger partial charge on any atom is 0.0477 e. The summed E-state index contributed by atoms with van der Waals surface area (Å²) < 4.78 is 0. The zero-order chi connectivity index (χ0) is 10.3. The van der Waals surface area contributed by atoms with Crippen LogP contribution < -0.4 is 0 Å². The molecule has 2 rings (SSSR count). The molecule has 74 valence electrons. The van der Waals surface area contributed by atoms with Gasteiger partial charge in [0, 0.05) is 11.8 Å². The average molecular weight is 207 g/mol. The van der Waals surface area contributed by atoms with Gasteiger partial charge in [-0.25, -0.2) is 0 Å². The van der Waals surface area contributed by atoms with Gasteiger partial charge in [-0.1, -0.05) is 30.7 Å². The molecule has 0 amide bonds. The number of benzene rings is 1. The SMILES string of the molecule is CC1=Cc2c(C)ccc(CCl)c2C1C. The number of allylic oxidation sites excluding steroid dienone is 1. The van der Waals surface area contributed by atoms with Gasteiger partial charge in [0.1, 0.15) is 0 Å². The van der Waals surface area contributed by atoms with Crippen molar-refractivity contribution in [3.8, 4) is 0 Å². The van der Waals surface area contributed by atoms with Gasteiger partial charge >= 0.3 is 0 Å². The highest BCUT2D eigenvalue weighted by Gasteiger charge is 2.22. The largest absolute Gasteiger partial charge is 0.122 e. The smallest absolute Gasteiger partial charge is 0.0477 e. The lowest BCUT2D eigenvalue weighted by Gasteiger charge is -2.13. The van der Waals surface area contributed by atoms with Crippen molar-refractivity contribution in [2.45, 2.75) is 32.6 Å². The van der Waals surface area contributed by atoms with Crippen molar-refractivity contribution >= 4 is 17.7 Å². The Morgan fingerprint density at radius 1 is 1.29 bits per heavy atom. The van der Waals surface area contributed by atoms with Gasteiger partial charge in [-0.15, -0.1) is 11.6 Å². The van der Waals surface area contributed by atoms with E-state index in [1.54, 1.807) is 0 Å². The van der Waals surface area contributed by atoms with Crippen LogP contribution in [0.4, 0.5) is 0 Å². The van der Waals surface area contributed by atoms with E-state index in [0.29, 0.717) is 11.8 Å². The second-order valence-corrected chi connectivity index (χ2v) is 4.38. The summed E-state index contributed by atoms with van der Waals surface area (Å²) in [6, 6.07) is 4.32.